The Kier molecular flexibility index (Phi) is 7.60. The van der Waals surface area contributed by atoms with Crippen LogP contribution in [0.4, 0.5) is 34.0 Å². The Morgan fingerprint density at radius 3 is 2.47 bits per heavy atom. The molecule has 0 aliphatic heterocycles. The van der Waals surface area contributed by atoms with Gasteiger partial charge in [0.2, 0.25) is 16.0 Å². The van der Waals surface area contributed by atoms with Gasteiger partial charge in [0.15, 0.2) is 0 Å². The van der Waals surface area contributed by atoms with Crippen LogP contribution in [0.5, 0.6) is 0 Å². The molecule has 1 aliphatic rings. The standard InChI is InChI=1S/C20H23F4N5O4S/c1-11(7-20(22,23)24)28-19(30)33-10-12-4-13(5-12)14-8-26-18(27-9-14)29-17-3-2-15(6-16(17)21)34(25,31)32/h2-3,6,8-9,11-13H,4-5,7,10H2,1H3,(H,28,30)(H2,25,31,32)(H,26,27,29)/t11-,12?,13?/m0/s1. The Morgan fingerprint density at radius 2 is 1.91 bits per heavy atom. The van der Waals surface area contributed by atoms with Crippen molar-refractivity contribution in [2.75, 3.05) is 11.9 Å². The van der Waals surface area contributed by atoms with Gasteiger partial charge < -0.3 is 15.4 Å². The Balaban J connectivity index is 1.44. The van der Waals surface area contributed by atoms with E-state index in [1.54, 1.807) is 12.4 Å². The molecule has 0 spiro atoms. The third kappa shape index (κ3) is 7.25. The lowest BCUT2D eigenvalue weighted by molar-refractivity contribution is -0.138. The molecule has 4 N–H and O–H groups in total. The van der Waals surface area contributed by atoms with E-state index in [9.17, 15) is 30.8 Å². The number of halogens is 4. The second-order valence-corrected chi connectivity index (χ2v) is 9.71. The monoisotopic (exact) mass is 505 g/mol. The average Bonchev–Trinajstić information content (AvgIpc) is 2.67. The van der Waals surface area contributed by atoms with Crippen molar-refractivity contribution in [2.45, 2.75) is 49.2 Å². The van der Waals surface area contributed by atoms with Crippen LogP contribution in [-0.4, -0.2) is 43.3 Å². The van der Waals surface area contributed by atoms with Crippen molar-refractivity contribution in [2.24, 2.45) is 11.1 Å². The summed E-state index contributed by atoms with van der Waals surface area (Å²) in [5.74, 6) is -0.536. The molecule has 0 saturated heterocycles. The minimum absolute atomic E-state index is 0.0242. The molecule has 14 heteroatoms. The van der Waals surface area contributed by atoms with Crippen molar-refractivity contribution in [3.8, 4) is 0 Å². The summed E-state index contributed by atoms with van der Waals surface area (Å²) in [5.41, 5.74) is 0.805. The highest BCUT2D eigenvalue weighted by Crippen LogP contribution is 2.41. The van der Waals surface area contributed by atoms with E-state index in [1.807, 2.05) is 0 Å². The van der Waals surface area contributed by atoms with Crippen LogP contribution < -0.4 is 15.8 Å². The number of hydrogen-bond acceptors (Lipinski definition) is 7. The second kappa shape index (κ2) is 10.1. The number of benzene rings is 1. The number of rotatable bonds is 8. The number of nitrogens with zero attached hydrogens (tertiary/aromatic N) is 2. The number of nitrogens with two attached hydrogens (primary N) is 1. The molecule has 1 fully saturated rings. The molecule has 34 heavy (non-hydrogen) atoms. The van der Waals surface area contributed by atoms with E-state index in [4.69, 9.17) is 9.88 Å². The van der Waals surface area contributed by atoms with Gasteiger partial charge in [0, 0.05) is 18.4 Å². The summed E-state index contributed by atoms with van der Waals surface area (Å²) in [4.78, 5) is 19.5. The van der Waals surface area contributed by atoms with Gasteiger partial charge in [-0.1, -0.05) is 0 Å². The summed E-state index contributed by atoms with van der Waals surface area (Å²) in [7, 11) is -4.02. The molecule has 1 heterocycles. The van der Waals surface area contributed by atoms with Gasteiger partial charge in [-0.15, -0.1) is 0 Å². The van der Waals surface area contributed by atoms with Gasteiger partial charge in [-0.2, -0.15) is 13.2 Å². The number of anilines is 2. The van der Waals surface area contributed by atoms with Crippen LogP contribution in [0.1, 0.15) is 37.7 Å². The molecule has 2 aromatic rings. The van der Waals surface area contributed by atoms with E-state index < -0.39 is 40.6 Å². The quantitative estimate of drug-likeness (QED) is 0.467. The third-order valence-electron chi connectivity index (χ3n) is 5.25. The van der Waals surface area contributed by atoms with Crippen molar-refractivity contribution >= 4 is 27.8 Å². The van der Waals surface area contributed by atoms with Gasteiger partial charge >= 0.3 is 12.3 Å². The average molecular weight is 505 g/mol. The first-order chi connectivity index (χ1) is 15.8. The fourth-order valence-corrected chi connectivity index (χ4v) is 4.01. The highest BCUT2D eigenvalue weighted by atomic mass is 32.2. The Bertz CT molecular complexity index is 1120. The van der Waals surface area contributed by atoms with Crippen molar-refractivity contribution in [1.29, 1.82) is 0 Å². The molecule has 0 bridgehead atoms. The topological polar surface area (TPSA) is 136 Å². The van der Waals surface area contributed by atoms with E-state index in [0.29, 0.717) is 12.8 Å². The molecule has 1 aromatic heterocycles. The zero-order valence-electron chi connectivity index (χ0n) is 18.0. The van der Waals surface area contributed by atoms with Crippen LogP contribution in [0.2, 0.25) is 0 Å². The van der Waals surface area contributed by atoms with E-state index in [2.05, 4.69) is 20.6 Å². The van der Waals surface area contributed by atoms with Gasteiger partial charge in [0.25, 0.3) is 0 Å². The number of nitrogens with one attached hydrogen (secondary N) is 2. The molecule has 1 saturated carbocycles. The number of ether oxygens (including phenoxy) is 1. The van der Waals surface area contributed by atoms with Gasteiger partial charge in [-0.05, 0) is 55.4 Å². The Labute approximate surface area is 193 Å². The summed E-state index contributed by atoms with van der Waals surface area (Å²) < 4.78 is 78.6. The summed E-state index contributed by atoms with van der Waals surface area (Å²) in [5, 5.41) is 9.78. The van der Waals surface area contributed by atoms with Crippen LogP contribution in [0.15, 0.2) is 35.5 Å². The summed E-state index contributed by atoms with van der Waals surface area (Å²) in [6.45, 7) is 1.34. The molecule has 0 radical (unpaired) electrons. The van der Waals surface area contributed by atoms with Gasteiger partial charge in [0.1, 0.15) is 5.82 Å². The number of primary sulfonamides is 1. The zero-order chi connectivity index (χ0) is 25.1. The molecule has 3 rings (SSSR count). The second-order valence-electron chi connectivity index (χ2n) is 8.15. The maximum absolute atomic E-state index is 14.1. The number of carbonyl (C=O) groups excluding carboxylic acids is 1. The van der Waals surface area contributed by atoms with Crippen LogP contribution in [0.25, 0.3) is 0 Å². The number of alkyl carbamates (subject to hydrolysis) is 1. The van der Waals surface area contributed by atoms with Crippen molar-refractivity contribution < 1.29 is 35.5 Å². The van der Waals surface area contributed by atoms with Crippen LogP contribution in [-0.2, 0) is 14.8 Å². The summed E-state index contributed by atoms with van der Waals surface area (Å²) in [6, 6.07) is 2.08. The van der Waals surface area contributed by atoms with Crippen molar-refractivity contribution in [3.63, 3.8) is 0 Å². The number of hydrogen-bond donors (Lipinski definition) is 3. The molecule has 1 aliphatic carbocycles. The minimum Gasteiger partial charge on any atom is -0.449 e. The molecule has 1 amide bonds. The molecular weight excluding hydrogens is 482 g/mol. The maximum atomic E-state index is 14.1. The van der Waals surface area contributed by atoms with Gasteiger partial charge in [-0.25, -0.2) is 32.7 Å². The van der Waals surface area contributed by atoms with E-state index >= 15 is 0 Å². The van der Waals surface area contributed by atoms with Crippen LogP contribution in [0, 0.1) is 11.7 Å². The highest BCUT2D eigenvalue weighted by molar-refractivity contribution is 7.89. The van der Waals surface area contributed by atoms with E-state index in [0.717, 1.165) is 17.7 Å². The highest BCUT2D eigenvalue weighted by Gasteiger charge is 2.33. The number of aromatic nitrogens is 2. The first kappa shape index (κ1) is 25.6. The first-order valence-electron chi connectivity index (χ1n) is 10.2. The predicted molar refractivity (Wildman–Crippen MR) is 113 cm³/mol. The Hall–Kier alpha value is -3.00. The van der Waals surface area contributed by atoms with Crippen LogP contribution in [0.3, 0.4) is 0 Å². The number of amides is 1. The smallest absolute Gasteiger partial charge is 0.407 e. The van der Waals surface area contributed by atoms with Crippen molar-refractivity contribution in [3.05, 3.63) is 42.0 Å². The SMILES string of the molecule is C[C@@H](CC(F)(F)F)NC(=O)OCC1CC(c2cnc(Nc3ccc(S(N)(=O)=O)cc3F)nc2)C1. The zero-order valence-corrected chi connectivity index (χ0v) is 18.8. The van der Waals surface area contributed by atoms with E-state index in [-0.39, 0.29) is 35.0 Å². The van der Waals surface area contributed by atoms with Crippen molar-refractivity contribution in [1.82, 2.24) is 15.3 Å². The lowest BCUT2D eigenvalue weighted by Gasteiger charge is -2.34. The van der Waals surface area contributed by atoms with Crippen LogP contribution >= 0.6 is 0 Å². The summed E-state index contributed by atoms with van der Waals surface area (Å²) >= 11 is 0. The predicted octanol–water partition coefficient (Wildman–Crippen LogP) is 3.57. The summed E-state index contributed by atoms with van der Waals surface area (Å²) in [6.07, 6.45) is -1.88. The third-order valence-corrected chi connectivity index (χ3v) is 6.16. The van der Waals surface area contributed by atoms with Gasteiger partial charge in [0.05, 0.1) is 23.6 Å². The molecule has 186 valence electrons. The lowest BCUT2D eigenvalue weighted by atomic mass is 9.72. The molecule has 1 atom stereocenters. The Morgan fingerprint density at radius 1 is 1.26 bits per heavy atom. The van der Waals surface area contributed by atoms with E-state index in [1.165, 1.54) is 13.0 Å². The lowest BCUT2D eigenvalue weighted by Crippen LogP contribution is -2.38. The number of alkyl halides is 3. The number of sulfonamides is 1. The molecule has 0 unspecified atom stereocenters. The number of carbonyl (C=O) groups is 1. The normalized spacial score (nSPS) is 19.1. The fraction of sp³-hybridized carbons (Fsp3) is 0.450. The molecular formula is C20H23F4N5O4S. The maximum Gasteiger partial charge on any atom is 0.407 e. The molecule has 1 aromatic carbocycles. The molecule has 9 nitrogen and oxygen atoms in total. The first-order valence-corrected chi connectivity index (χ1v) is 11.8. The largest absolute Gasteiger partial charge is 0.449 e. The van der Waals surface area contributed by atoms with Gasteiger partial charge in [-0.3, -0.25) is 0 Å². The minimum atomic E-state index is -4.37. The fourth-order valence-electron chi connectivity index (χ4n) is 3.49.